The molecule has 1 saturated carbocycles. The maximum atomic E-state index is 4.34. The zero-order valence-corrected chi connectivity index (χ0v) is 12.7. The molecule has 1 saturated heterocycles. The van der Waals surface area contributed by atoms with Crippen LogP contribution in [0.3, 0.4) is 0 Å². The zero-order valence-electron chi connectivity index (χ0n) is 12.7. The van der Waals surface area contributed by atoms with E-state index in [1.54, 1.807) is 0 Å². The van der Waals surface area contributed by atoms with Gasteiger partial charge in [0.05, 0.1) is 11.9 Å². The Bertz CT molecular complexity index is 436. The van der Waals surface area contributed by atoms with Crippen molar-refractivity contribution in [1.82, 2.24) is 15.2 Å². The molecule has 2 fully saturated rings. The highest BCUT2D eigenvalue weighted by atomic mass is 15.2. The van der Waals surface area contributed by atoms with Crippen molar-refractivity contribution in [1.29, 1.82) is 0 Å². The van der Waals surface area contributed by atoms with Crippen LogP contribution in [0.15, 0.2) is 18.5 Å². The predicted molar refractivity (Wildman–Crippen MR) is 83.0 cm³/mol. The van der Waals surface area contributed by atoms with Gasteiger partial charge in [-0.05, 0) is 57.5 Å². The van der Waals surface area contributed by atoms with Crippen molar-refractivity contribution < 1.29 is 0 Å². The highest BCUT2D eigenvalue weighted by Gasteiger charge is 2.24. The van der Waals surface area contributed by atoms with E-state index in [1.807, 2.05) is 12.4 Å². The minimum absolute atomic E-state index is 0.648. The number of pyridine rings is 1. The standard InChI is InChI=1S/C16H26N4/c1-19-9-6-15(7-10-19)20(2)16-12-17-8-5-13(16)11-18-14-3-4-14/h5,8,12,14-15,18H,3-4,6-7,9-11H2,1-2H3. The Balaban J connectivity index is 1.67. The van der Waals surface area contributed by atoms with Crippen LogP contribution < -0.4 is 10.2 Å². The lowest BCUT2D eigenvalue weighted by Crippen LogP contribution is -2.42. The van der Waals surface area contributed by atoms with E-state index in [2.05, 4.69) is 40.3 Å². The summed E-state index contributed by atoms with van der Waals surface area (Å²) in [6.07, 6.45) is 9.11. The van der Waals surface area contributed by atoms with Crippen molar-refractivity contribution in [2.24, 2.45) is 0 Å². The molecule has 0 aromatic carbocycles. The van der Waals surface area contributed by atoms with E-state index in [0.29, 0.717) is 6.04 Å². The van der Waals surface area contributed by atoms with Gasteiger partial charge in [0.2, 0.25) is 0 Å². The molecule has 4 heteroatoms. The smallest absolute Gasteiger partial charge is 0.0598 e. The molecule has 0 unspecified atom stereocenters. The molecular formula is C16H26N4. The van der Waals surface area contributed by atoms with Crippen LogP contribution >= 0.6 is 0 Å². The summed E-state index contributed by atoms with van der Waals surface area (Å²) in [7, 11) is 4.44. The molecule has 1 aromatic rings. The number of anilines is 1. The van der Waals surface area contributed by atoms with E-state index in [0.717, 1.165) is 12.6 Å². The number of hydrogen-bond acceptors (Lipinski definition) is 4. The molecule has 1 aliphatic carbocycles. The first-order valence-corrected chi connectivity index (χ1v) is 7.81. The maximum Gasteiger partial charge on any atom is 0.0598 e. The quantitative estimate of drug-likeness (QED) is 0.888. The summed E-state index contributed by atoms with van der Waals surface area (Å²) < 4.78 is 0. The molecule has 0 bridgehead atoms. The molecule has 0 spiro atoms. The molecule has 2 heterocycles. The zero-order chi connectivity index (χ0) is 13.9. The van der Waals surface area contributed by atoms with E-state index in [9.17, 15) is 0 Å². The number of rotatable bonds is 5. The van der Waals surface area contributed by atoms with Gasteiger partial charge in [-0.2, -0.15) is 0 Å². The molecule has 3 rings (SSSR count). The fourth-order valence-electron chi connectivity index (χ4n) is 3.00. The minimum Gasteiger partial charge on any atom is -0.370 e. The fraction of sp³-hybridized carbons (Fsp3) is 0.688. The third-order valence-corrected chi connectivity index (χ3v) is 4.66. The van der Waals surface area contributed by atoms with Crippen LogP contribution in [-0.2, 0) is 6.54 Å². The summed E-state index contributed by atoms with van der Waals surface area (Å²) in [5, 5.41) is 3.62. The van der Waals surface area contributed by atoms with Crippen LogP contribution in [0, 0.1) is 0 Å². The molecule has 1 N–H and O–H groups in total. The molecule has 0 radical (unpaired) electrons. The number of nitrogens with one attached hydrogen (secondary N) is 1. The number of piperidine rings is 1. The normalized spacial score (nSPS) is 21.1. The number of likely N-dealkylation sites (tertiary alicyclic amines) is 1. The van der Waals surface area contributed by atoms with Crippen molar-refractivity contribution in [2.45, 2.75) is 44.3 Å². The molecule has 4 nitrogen and oxygen atoms in total. The summed E-state index contributed by atoms with van der Waals surface area (Å²) >= 11 is 0. The Labute approximate surface area is 122 Å². The molecular weight excluding hydrogens is 248 g/mol. The van der Waals surface area contributed by atoms with Gasteiger partial charge < -0.3 is 15.1 Å². The van der Waals surface area contributed by atoms with E-state index in [-0.39, 0.29) is 0 Å². The highest BCUT2D eigenvalue weighted by molar-refractivity contribution is 5.52. The molecule has 110 valence electrons. The van der Waals surface area contributed by atoms with Crippen molar-refractivity contribution in [3.8, 4) is 0 Å². The third-order valence-electron chi connectivity index (χ3n) is 4.66. The van der Waals surface area contributed by atoms with Gasteiger partial charge in [0.25, 0.3) is 0 Å². The highest BCUT2D eigenvalue weighted by Crippen LogP contribution is 2.26. The van der Waals surface area contributed by atoms with Crippen LogP contribution in [0.2, 0.25) is 0 Å². The van der Waals surface area contributed by atoms with Crippen LogP contribution in [0.5, 0.6) is 0 Å². The topological polar surface area (TPSA) is 31.4 Å². The van der Waals surface area contributed by atoms with E-state index in [1.165, 1.54) is 50.0 Å². The van der Waals surface area contributed by atoms with Gasteiger partial charge >= 0.3 is 0 Å². The van der Waals surface area contributed by atoms with Gasteiger partial charge in [-0.25, -0.2) is 0 Å². The molecule has 0 amide bonds. The largest absolute Gasteiger partial charge is 0.370 e. The maximum absolute atomic E-state index is 4.34. The van der Waals surface area contributed by atoms with Gasteiger partial charge in [0.15, 0.2) is 0 Å². The SMILES string of the molecule is CN1CCC(N(C)c2cnccc2CNC2CC2)CC1. The monoisotopic (exact) mass is 274 g/mol. The lowest BCUT2D eigenvalue weighted by molar-refractivity contribution is 0.252. The van der Waals surface area contributed by atoms with Crippen molar-refractivity contribution in [2.75, 3.05) is 32.1 Å². The number of aromatic nitrogens is 1. The van der Waals surface area contributed by atoms with Crippen molar-refractivity contribution >= 4 is 5.69 Å². The van der Waals surface area contributed by atoms with Crippen LogP contribution in [0.4, 0.5) is 5.69 Å². The third kappa shape index (κ3) is 3.30. The van der Waals surface area contributed by atoms with Gasteiger partial charge in [0, 0.05) is 31.9 Å². The van der Waals surface area contributed by atoms with Gasteiger partial charge in [-0.15, -0.1) is 0 Å². The van der Waals surface area contributed by atoms with Crippen LogP contribution in [0.1, 0.15) is 31.2 Å². The first kappa shape index (κ1) is 13.8. The molecule has 2 aliphatic rings. The van der Waals surface area contributed by atoms with Crippen LogP contribution in [0.25, 0.3) is 0 Å². The first-order chi connectivity index (χ1) is 9.74. The lowest BCUT2D eigenvalue weighted by Gasteiger charge is -2.37. The second-order valence-electron chi connectivity index (χ2n) is 6.30. The average molecular weight is 274 g/mol. The Morgan fingerprint density at radius 1 is 1.30 bits per heavy atom. The molecule has 1 aliphatic heterocycles. The van der Waals surface area contributed by atoms with E-state index < -0.39 is 0 Å². The fourth-order valence-corrected chi connectivity index (χ4v) is 3.00. The Morgan fingerprint density at radius 2 is 2.05 bits per heavy atom. The summed E-state index contributed by atoms with van der Waals surface area (Å²) in [4.78, 5) is 9.21. The van der Waals surface area contributed by atoms with Crippen molar-refractivity contribution in [3.63, 3.8) is 0 Å². The Morgan fingerprint density at radius 3 is 2.75 bits per heavy atom. The van der Waals surface area contributed by atoms with E-state index in [4.69, 9.17) is 0 Å². The lowest BCUT2D eigenvalue weighted by atomic mass is 10.0. The van der Waals surface area contributed by atoms with Crippen molar-refractivity contribution in [3.05, 3.63) is 24.0 Å². The second-order valence-corrected chi connectivity index (χ2v) is 6.30. The Kier molecular flexibility index (Phi) is 4.22. The minimum atomic E-state index is 0.648. The second kappa shape index (κ2) is 6.10. The summed E-state index contributed by atoms with van der Waals surface area (Å²) in [6.45, 7) is 3.37. The predicted octanol–water partition coefficient (Wildman–Crippen LogP) is 1.86. The molecule has 0 atom stereocenters. The van der Waals surface area contributed by atoms with E-state index >= 15 is 0 Å². The Hall–Kier alpha value is -1.13. The number of nitrogens with zero attached hydrogens (tertiary/aromatic N) is 3. The number of hydrogen-bond donors (Lipinski definition) is 1. The van der Waals surface area contributed by atoms with Crippen LogP contribution in [-0.4, -0.2) is 49.2 Å². The van der Waals surface area contributed by atoms with Gasteiger partial charge in [-0.1, -0.05) is 0 Å². The summed E-state index contributed by atoms with van der Waals surface area (Å²) in [6, 6.07) is 3.57. The van der Waals surface area contributed by atoms with Gasteiger partial charge in [0.1, 0.15) is 0 Å². The first-order valence-electron chi connectivity index (χ1n) is 7.81. The molecule has 1 aromatic heterocycles. The molecule has 20 heavy (non-hydrogen) atoms. The van der Waals surface area contributed by atoms with Gasteiger partial charge in [-0.3, -0.25) is 4.98 Å². The summed E-state index contributed by atoms with van der Waals surface area (Å²) in [5.74, 6) is 0. The summed E-state index contributed by atoms with van der Waals surface area (Å²) in [5.41, 5.74) is 2.68. The average Bonchev–Trinajstić information content (AvgIpc) is 3.30.